The SMILES string of the molecule is COc1ccccc1[B-]12OCC[N+]1(CNC(=O)C1=C(O)[C@@]3(O)C(=O)C4=C(O)c5c(O)cccc5[C@@](C)(O)[C@@H]4C[C@H]3[C@@H](N(C)C)C1=O)CCO2. The van der Waals surface area contributed by atoms with Crippen molar-refractivity contribution in [3.63, 3.8) is 0 Å². The highest BCUT2D eigenvalue weighted by Gasteiger charge is 2.67. The van der Waals surface area contributed by atoms with Crippen molar-refractivity contribution in [2.45, 2.75) is 30.6 Å². The van der Waals surface area contributed by atoms with Gasteiger partial charge in [0.25, 0.3) is 5.91 Å². The van der Waals surface area contributed by atoms with Crippen molar-refractivity contribution in [1.29, 1.82) is 0 Å². The van der Waals surface area contributed by atoms with Gasteiger partial charge in [-0.15, -0.1) is 0 Å². The maximum Gasteiger partial charge on any atom is 0.507 e. The van der Waals surface area contributed by atoms with Gasteiger partial charge in [-0.25, -0.2) is 0 Å². The lowest BCUT2D eigenvalue weighted by atomic mass is 9.54. The van der Waals surface area contributed by atoms with E-state index in [4.69, 9.17) is 14.0 Å². The molecule has 0 unspecified atom stereocenters. The van der Waals surface area contributed by atoms with Crippen molar-refractivity contribution in [3.8, 4) is 11.5 Å². The Morgan fingerprint density at radius 2 is 1.73 bits per heavy atom. The lowest BCUT2D eigenvalue weighted by Crippen LogP contribution is -2.72. The normalized spacial score (nSPS) is 35.2. The van der Waals surface area contributed by atoms with E-state index < -0.39 is 81.7 Å². The lowest BCUT2D eigenvalue weighted by molar-refractivity contribution is -0.822. The van der Waals surface area contributed by atoms with Gasteiger partial charge in [0, 0.05) is 17.4 Å². The molecular formula is C34H40BN3O11. The van der Waals surface area contributed by atoms with Crippen LogP contribution in [0.3, 0.4) is 0 Å². The number of carbonyl (C=O) groups excluding carboxylic acids is 3. The van der Waals surface area contributed by atoms with Crippen LogP contribution in [0.4, 0.5) is 0 Å². The standard InChI is InChI=1S/C34H40BN3O11/c1-33(45)18-8-7-10-22(39)24(18)28(40)25-19(33)16-20-27(37(2)3)29(41)26(31(43)34(20,46)30(25)42)32(44)36-17-38-12-14-48-35(38,49-15-13-38)21-9-5-6-11-23(21)47-4/h5-11,19-20,27,39-40,43,45-46H,12-17H2,1-4H3,(H,36,44)/t19-,20+,27-,33-,34+,35?,38?/m1/s1. The van der Waals surface area contributed by atoms with Gasteiger partial charge in [-0.3, -0.25) is 19.3 Å². The number of methoxy groups -OCH3 is 1. The summed E-state index contributed by atoms with van der Waals surface area (Å²) in [6.07, 6.45) is -0.226. The number of aromatic hydroxyl groups is 1. The number of hydrogen-bond donors (Lipinski definition) is 6. The molecule has 0 aromatic heterocycles. The van der Waals surface area contributed by atoms with Gasteiger partial charge in [-0.2, -0.15) is 0 Å². The minimum Gasteiger partial charge on any atom is -0.508 e. The molecule has 14 nitrogen and oxygen atoms in total. The highest BCUT2D eigenvalue weighted by atomic mass is 16.6. The van der Waals surface area contributed by atoms with Gasteiger partial charge in [-0.1, -0.05) is 30.3 Å². The minimum atomic E-state index is -2.82. The summed E-state index contributed by atoms with van der Waals surface area (Å²) in [4.78, 5) is 44.1. The molecule has 0 radical (unpaired) electrons. The maximum atomic E-state index is 14.4. The fraction of sp³-hybridized carbons (Fsp3) is 0.441. The Bertz CT molecular complexity index is 1850. The largest absolute Gasteiger partial charge is 0.508 e. The Balaban J connectivity index is 1.29. The smallest absolute Gasteiger partial charge is 0.507 e. The molecule has 2 aromatic carbocycles. The molecule has 5 aliphatic rings. The number of ether oxygens (including phenoxy) is 1. The number of nitrogens with zero attached hydrogens (tertiary/aromatic N) is 2. The summed E-state index contributed by atoms with van der Waals surface area (Å²) in [5.74, 6) is -7.08. The second kappa shape index (κ2) is 11.1. The van der Waals surface area contributed by atoms with Crippen molar-refractivity contribution >= 4 is 35.4 Å². The van der Waals surface area contributed by atoms with Crippen LogP contribution in [-0.2, 0) is 29.3 Å². The Morgan fingerprint density at radius 1 is 1.06 bits per heavy atom. The molecule has 5 atom stereocenters. The number of aliphatic hydroxyl groups is 4. The lowest BCUT2D eigenvalue weighted by Gasteiger charge is -2.53. The van der Waals surface area contributed by atoms with E-state index in [1.165, 1.54) is 37.1 Å². The summed E-state index contributed by atoms with van der Waals surface area (Å²) in [6, 6.07) is 10.3. The van der Waals surface area contributed by atoms with Crippen LogP contribution < -0.4 is 15.5 Å². The molecule has 7 rings (SSSR count). The van der Waals surface area contributed by atoms with Gasteiger partial charge in [0.2, 0.25) is 5.78 Å². The van der Waals surface area contributed by atoms with Crippen molar-refractivity contribution in [1.82, 2.24) is 10.2 Å². The molecule has 2 aromatic rings. The van der Waals surface area contributed by atoms with E-state index in [9.17, 15) is 39.9 Å². The van der Waals surface area contributed by atoms with Crippen molar-refractivity contribution in [2.75, 3.05) is 54.2 Å². The summed E-state index contributed by atoms with van der Waals surface area (Å²) < 4.78 is 18.3. The number of likely N-dealkylation sites (N-methyl/N-ethyl adjacent to an activating group) is 1. The minimum absolute atomic E-state index is 0.0731. The maximum absolute atomic E-state index is 14.4. The molecule has 49 heavy (non-hydrogen) atoms. The highest BCUT2D eigenvalue weighted by Crippen LogP contribution is 2.57. The van der Waals surface area contributed by atoms with Crippen LogP contribution in [-0.4, -0.2) is 125 Å². The van der Waals surface area contributed by atoms with E-state index in [0.717, 1.165) is 0 Å². The van der Waals surface area contributed by atoms with E-state index in [1.807, 2.05) is 18.2 Å². The average molecular weight is 678 g/mol. The van der Waals surface area contributed by atoms with Crippen LogP contribution in [0.25, 0.3) is 5.76 Å². The fourth-order valence-corrected chi connectivity index (χ4v) is 9.13. The summed E-state index contributed by atoms with van der Waals surface area (Å²) in [6.45, 7) is 0.730. The first-order chi connectivity index (χ1) is 23.2. The molecular weight excluding hydrogens is 637 g/mol. The number of para-hydroxylation sites is 1. The summed E-state index contributed by atoms with van der Waals surface area (Å²) >= 11 is 0. The zero-order valence-corrected chi connectivity index (χ0v) is 27.7. The van der Waals surface area contributed by atoms with Gasteiger partial charge in [0.15, 0.2) is 11.4 Å². The van der Waals surface area contributed by atoms with Gasteiger partial charge in [0.1, 0.15) is 29.5 Å². The zero-order chi connectivity index (χ0) is 35.3. The fourth-order valence-electron chi connectivity index (χ4n) is 9.13. The number of phenolic OH excluding ortho intramolecular Hbond substituents is 1. The van der Waals surface area contributed by atoms with Gasteiger partial charge in [0.05, 0.1) is 56.4 Å². The number of amides is 1. The molecule has 2 aliphatic heterocycles. The predicted molar refractivity (Wildman–Crippen MR) is 174 cm³/mol. The molecule has 3 fully saturated rings. The Hall–Kier alpha value is -4.25. The monoisotopic (exact) mass is 677 g/mol. The van der Waals surface area contributed by atoms with Crippen molar-refractivity contribution < 1.29 is 58.4 Å². The Labute approximate surface area is 282 Å². The second-order valence-corrected chi connectivity index (χ2v) is 14.1. The van der Waals surface area contributed by atoms with Crippen LogP contribution in [0.5, 0.6) is 11.5 Å². The van der Waals surface area contributed by atoms with E-state index in [2.05, 4.69) is 5.32 Å². The van der Waals surface area contributed by atoms with E-state index >= 15 is 0 Å². The van der Waals surface area contributed by atoms with Gasteiger partial charge < -0.3 is 49.3 Å². The number of aliphatic hydroxyl groups excluding tert-OH is 2. The quantitative estimate of drug-likeness (QED) is 0.177. The Morgan fingerprint density at radius 3 is 2.39 bits per heavy atom. The van der Waals surface area contributed by atoms with Gasteiger partial charge >= 0.3 is 6.69 Å². The first kappa shape index (κ1) is 33.3. The zero-order valence-electron chi connectivity index (χ0n) is 27.7. The third-order valence-corrected chi connectivity index (χ3v) is 11.6. The number of nitrogens with one attached hydrogen (secondary N) is 1. The molecule has 2 saturated heterocycles. The number of rotatable bonds is 6. The van der Waals surface area contributed by atoms with Crippen LogP contribution in [0, 0.1) is 11.8 Å². The number of Topliss-reactive ketones (excluding diaryl/α,β-unsaturated/α-hetero) is 2. The third kappa shape index (κ3) is 4.26. The van der Waals surface area contributed by atoms with E-state index in [-0.39, 0.29) is 28.6 Å². The molecule has 260 valence electrons. The topological polar surface area (TPSA) is 195 Å². The molecule has 6 N–H and O–H groups in total. The second-order valence-electron chi connectivity index (χ2n) is 14.1. The average Bonchev–Trinajstić information content (AvgIpc) is 3.60. The highest BCUT2D eigenvalue weighted by molar-refractivity contribution is 6.76. The number of ketones is 2. The number of fused-ring (bicyclic) bond motifs is 4. The molecule has 1 saturated carbocycles. The summed E-state index contributed by atoms with van der Waals surface area (Å²) in [5, 5.41) is 60.5. The number of carbonyl (C=O) groups is 3. The third-order valence-electron chi connectivity index (χ3n) is 11.6. The molecule has 1 amide bonds. The van der Waals surface area contributed by atoms with Crippen molar-refractivity contribution in [3.05, 3.63) is 70.5 Å². The number of quaternary nitrogens is 1. The molecule has 0 spiro atoms. The summed E-state index contributed by atoms with van der Waals surface area (Å²) in [5.41, 5.74) is -5.17. The Kier molecular flexibility index (Phi) is 7.56. The summed E-state index contributed by atoms with van der Waals surface area (Å²) in [7, 11) is 4.63. The van der Waals surface area contributed by atoms with Crippen LogP contribution in [0.1, 0.15) is 24.5 Å². The number of phenols is 1. The molecule has 3 aliphatic carbocycles. The van der Waals surface area contributed by atoms with Crippen LogP contribution >= 0.6 is 0 Å². The molecule has 0 bridgehead atoms. The molecule has 2 heterocycles. The van der Waals surface area contributed by atoms with E-state index in [0.29, 0.717) is 37.5 Å². The predicted octanol–water partition coefficient (Wildman–Crippen LogP) is -0.0507. The van der Waals surface area contributed by atoms with Gasteiger partial charge in [-0.05, 0) is 50.6 Å². The number of benzene rings is 2. The van der Waals surface area contributed by atoms with Crippen molar-refractivity contribution in [2.24, 2.45) is 11.8 Å². The van der Waals surface area contributed by atoms with Crippen LogP contribution in [0.2, 0.25) is 0 Å². The first-order valence-electron chi connectivity index (χ1n) is 16.3. The molecule has 15 heteroatoms. The van der Waals surface area contributed by atoms with E-state index in [1.54, 1.807) is 20.2 Å². The number of hydrogen-bond acceptors (Lipinski definition) is 12. The van der Waals surface area contributed by atoms with Crippen LogP contribution in [0.15, 0.2) is 59.4 Å². The first-order valence-corrected chi connectivity index (χ1v) is 16.3.